The summed E-state index contributed by atoms with van der Waals surface area (Å²) in [6.45, 7) is 5.89. The van der Waals surface area contributed by atoms with Crippen LogP contribution >= 0.6 is 0 Å². The van der Waals surface area contributed by atoms with Crippen LogP contribution in [0.5, 0.6) is 0 Å². The van der Waals surface area contributed by atoms with Gasteiger partial charge in [0.05, 0.1) is 0 Å². The largest absolute Gasteiger partial charge is 0.304 e. The highest BCUT2D eigenvalue weighted by Crippen LogP contribution is 2.22. The summed E-state index contributed by atoms with van der Waals surface area (Å²) >= 11 is 0. The van der Waals surface area contributed by atoms with Gasteiger partial charge in [-0.15, -0.1) is 0 Å². The Morgan fingerprint density at radius 3 is 2.40 bits per heavy atom. The second-order valence-corrected chi connectivity index (χ2v) is 5.19. The molecule has 0 aromatic heterocycles. The van der Waals surface area contributed by atoms with Crippen molar-refractivity contribution < 1.29 is 8.78 Å². The number of hydrogen-bond donors (Lipinski definition) is 1. The molecule has 0 radical (unpaired) electrons. The molecule has 0 amide bonds. The lowest BCUT2D eigenvalue weighted by molar-refractivity contribution is 0.469. The van der Waals surface area contributed by atoms with Crippen molar-refractivity contribution in [2.24, 2.45) is 0 Å². The Labute approximate surface area is 118 Å². The van der Waals surface area contributed by atoms with Crippen molar-refractivity contribution in [2.75, 3.05) is 0 Å². The molecule has 2 atom stereocenters. The molecule has 3 heteroatoms. The van der Waals surface area contributed by atoms with Crippen molar-refractivity contribution in [3.63, 3.8) is 0 Å². The average Bonchev–Trinajstić information content (AvgIpc) is 2.41. The van der Waals surface area contributed by atoms with Crippen molar-refractivity contribution in [1.29, 1.82) is 0 Å². The molecule has 0 aliphatic rings. The lowest BCUT2D eigenvalue weighted by Crippen LogP contribution is -2.23. The minimum absolute atomic E-state index is 0.0626. The summed E-state index contributed by atoms with van der Waals surface area (Å²) < 4.78 is 27.0. The molecule has 2 rings (SSSR count). The predicted octanol–water partition coefficient (Wildman–Crippen LogP) is 4.69. The van der Waals surface area contributed by atoms with Crippen LogP contribution in [0.25, 0.3) is 0 Å². The summed E-state index contributed by atoms with van der Waals surface area (Å²) in [5, 5.41) is 3.30. The smallest absolute Gasteiger partial charge is 0.128 e. The molecular weight excluding hydrogens is 256 g/mol. The van der Waals surface area contributed by atoms with Gasteiger partial charge in [0.1, 0.15) is 11.6 Å². The highest BCUT2D eigenvalue weighted by atomic mass is 19.1. The quantitative estimate of drug-likeness (QED) is 0.854. The third-order valence-corrected chi connectivity index (χ3v) is 3.47. The summed E-state index contributed by atoms with van der Waals surface area (Å²) in [7, 11) is 0. The summed E-state index contributed by atoms with van der Waals surface area (Å²) in [5.41, 5.74) is 2.67. The molecule has 1 unspecified atom stereocenters. The van der Waals surface area contributed by atoms with E-state index in [1.807, 2.05) is 39.0 Å². The van der Waals surface area contributed by atoms with Gasteiger partial charge in [-0.3, -0.25) is 0 Å². The molecule has 0 aliphatic heterocycles. The van der Waals surface area contributed by atoms with E-state index in [0.717, 1.165) is 11.6 Å². The number of benzene rings is 2. The van der Waals surface area contributed by atoms with Crippen molar-refractivity contribution in [1.82, 2.24) is 5.32 Å². The molecular formula is C17H19F2N. The van der Waals surface area contributed by atoms with Crippen LogP contribution in [0, 0.1) is 18.6 Å². The van der Waals surface area contributed by atoms with Gasteiger partial charge in [0, 0.05) is 17.6 Å². The van der Waals surface area contributed by atoms with E-state index in [1.54, 1.807) is 0 Å². The Bertz CT molecular complexity index is 595. The number of hydrogen-bond acceptors (Lipinski definition) is 1. The fourth-order valence-corrected chi connectivity index (χ4v) is 2.35. The second-order valence-electron chi connectivity index (χ2n) is 5.19. The van der Waals surface area contributed by atoms with E-state index in [2.05, 4.69) is 11.4 Å². The third kappa shape index (κ3) is 3.42. The second kappa shape index (κ2) is 6.14. The maximum atomic E-state index is 13.7. The molecule has 2 aromatic carbocycles. The van der Waals surface area contributed by atoms with Crippen LogP contribution in [-0.2, 0) is 0 Å². The fourth-order valence-electron chi connectivity index (χ4n) is 2.35. The highest BCUT2D eigenvalue weighted by Gasteiger charge is 2.15. The van der Waals surface area contributed by atoms with Gasteiger partial charge in [-0.1, -0.05) is 29.8 Å². The third-order valence-electron chi connectivity index (χ3n) is 3.47. The van der Waals surface area contributed by atoms with Crippen molar-refractivity contribution in [2.45, 2.75) is 32.9 Å². The first-order valence-electron chi connectivity index (χ1n) is 6.75. The van der Waals surface area contributed by atoms with Gasteiger partial charge in [-0.25, -0.2) is 8.78 Å². The first-order valence-corrected chi connectivity index (χ1v) is 6.75. The molecule has 1 nitrogen and oxygen atoms in total. The Morgan fingerprint density at radius 2 is 1.70 bits per heavy atom. The van der Waals surface area contributed by atoms with Crippen LogP contribution in [0.2, 0.25) is 0 Å². The number of halogens is 2. The monoisotopic (exact) mass is 275 g/mol. The Hall–Kier alpha value is -1.74. The molecule has 20 heavy (non-hydrogen) atoms. The van der Waals surface area contributed by atoms with Gasteiger partial charge >= 0.3 is 0 Å². The predicted molar refractivity (Wildman–Crippen MR) is 77.5 cm³/mol. The summed E-state index contributed by atoms with van der Waals surface area (Å²) in [6, 6.07) is 11.5. The van der Waals surface area contributed by atoms with Gasteiger partial charge in [-0.05, 0) is 44.5 Å². The standard InChI is InChI=1S/C17H19F2N/c1-11-5-4-6-14(9-11)12(2)20-13(3)16-10-15(18)7-8-17(16)19/h4-10,12-13,20H,1-3H3/t12-,13?/m1/s1. The first kappa shape index (κ1) is 14.7. The van der Waals surface area contributed by atoms with E-state index in [4.69, 9.17) is 0 Å². The minimum Gasteiger partial charge on any atom is -0.304 e. The molecule has 1 N–H and O–H groups in total. The Morgan fingerprint density at radius 1 is 0.950 bits per heavy atom. The topological polar surface area (TPSA) is 12.0 Å². The molecule has 106 valence electrons. The minimum atomic E-state index is -0.418. The summed E-state index contributed by atoms with van der Waals surface area (Å²) in [5.74, 6) is -0.805. The normalized spacial score (nSPS) is 14.1. The van der Waals surface area contributed by atoms with Gasteiger partial charge in [0.15, 0.2) is 0 Å². The molecule has 0 fully saturated rings. The van der Waals surface area contributed by atoms with Crippen molar-refractivity contribution in [3.8, 4) is 0 Å². The fraction of sp³-hybridized carbons (Fsp3) is 0.294. The van der Waals surface area contributed by atoms with E-state index in [9.17, 15) is 8.78 Å². The van der Waals surface area contributed by atoms with Gasteiger partial charge in [0.2, 0.25) is 0 Å². The summed E-state index contributed by atoms with van der Waals surface area (Å²) in [4.78, 5) is 0. The Balaban J connectivity index is 2.15. The molecule has 0 bridgehead atoms. The maximum absolute atomic E-state index is 13.7. The van der Waals surface area contributed by atoms with Crippen LogP contribution in [0.15, 0.2) is 42.5 Å². The van der Waals surface area contributed by atoms with Gasteiger partial charge in [-0.2, -0.15) is 0 Å². The van der Waals surface area contributed by atoms with E-state index in [1.165, 1.54) is 17.7 Å². The average molecular weight is 275 g/mol. The van der Waals surface area contributed by atoms with E-state index in [0.29, 0.717) is 5.56 Å². The van der Waals surface area contributed by atoms with E-state index < -0.39 is 5.82 Å². The lowest BCUT2D eigenvalue weighted by atomic mass is 10.0. The molecule has 0 heterocycles. The van der Waals surface area contributed by atoms with Crippen molar-refractivity contribution >= 4 is 0 Å². The van der Waals surface area contributed by atoms with Crippen LogP contribution in [0.1, 0.15) is 42.6 Å². The lowest BCUT2D eigenvalue weighted by Gasteiger charge is -2.21. The Kier molecular flexibility index (Phi) is 4.50. The van der Waals surface area contributed by atoms with E-state index in [-0.39, 0.29) is 17.9 Å². The number of rotatable bonds is 4. The van der Waals surface area contributed by atoms with Gasteiger partial charge < -0.3 is 5.32 Å². The molecule has 0 spiro atoms. The molecule has 0 aliphatic carbocycles. The molecule has 0 saturated carbocycles. The SMILES string of the molecule is Cc1cccc([C@@H](C)NC(C)c2cc(F)ccc2F)c1. The number of nitrogens with one attached hydrogen (secondary N) is 1. The van der Waals surface area contributed by atoms with Crippen molar-refractivity contribution in [3.05, 3.63) is 70.8 Å². The highest BCUT2D eigenvalue weighted by molar-refractivity contribution is 5.26. The van der Waals surface area contributed by atoms with Gasteiger partial charge in [0.25, 0.3) is 0 Å². The maximum Gasteiger partial charge on any atom is 0.128 e. The zero-order valence-corrected chi connectivity index (χ0v) is 12.0. The zero-order chi connectivity index (χ0) is 14.7. The molecule has 0 saturated heterocycles. The zero-order valence-electron chi connectivity index (χ0n) is 12.0. The molecule has 2 aromatic rings. The van der Waals surface area contributed by atoms with Crippen LogP contribution in [0.4, 0.5) is 8.78 Å². The van der Waals surface area contributed by atoms with Crippen LogP contribution in [-0.4, -0.2) is 0 Å². The van der Waals surface area contributed by atoms with Crippen LogP contribution in [0.3, 0.4) is 0 Å². The summed E-state index contributed by atoms with van der Waals surface area (Å²) in [6.07, 6.45) is 0. The number of aryl methyl sites for hydroxylation is 1. The van der Waals surface area contributed by atoms with E-state index >= 15 is 0 Å². The first-order chi connectivity index (χ1) is 9.47. The van der Waals surface area contributed by atoms with Crippen LogP contribution < -0.4 is 5.32 Å².